The number of carbonyl (C=O) groups excluding carboxylic acids is 7. The molecule has 21 heteroatoms. The lowest BCUT2D eigenvalue weighted by atomic mass is 9.80. The number of ether oxygens (including phenoxy) is 1. The molecular weight excluding hydrogens is 935 g/mol. The first-order valence-electron chi connectivity index (χ1n) is 26.6. The summed E-state index contributed by atoms with van der Waals surface area (Å²) in [5.41, 5.74) is 2.48. The summed E-state index contributed by atoms with van der Waals surface area (Å²) in [5.74, 6) is -0.846. The number of piperazine rings is 2. The van der Waals surface area contributed by atoms with Crippen molar-refractivity contribution in [1.29, 1.82) is 0 Å². The number of aryl methyl sites for hydroxylation is 1. The summed E-state index contributed by atoms with van der Waals surface area (Å²) < 4.78 is 6.99. The van der Waals surface area contributed by atoms with Gasteiger partial charge in [-0.05, 0) is 102 Å². The number of nitrogens with one attached hydrogen (secondary N) is 3. The summed E-state index contributed by atoms with van der Waals surface area (Å²) in [5, 5.41) is 13.1. The average Bonchev–Trinajstić information content (AvgIpc) is 3.93. The maximum absolute atomic E-state index is 14.0. The molecule has 0 spiro atoms. The van der Waals surface area contributed by atoms with E-state index in [9.17, 15) is 33.6 Å². The van der Waals surface area contributed by atoms with Crippen LogP contribution in [0.2, 0.25) is 0 Å². The molecule has 10 rings (SSSR count). The molecule has 2 saturated carbocycles. The standard InChI is InChI=1S/C52H69N13O8/c1-3-73-51(72)42-29-53-52(56-37-28-54-59(2)32-37)58-45(42)55-36-10-12-38(13-11-36)61-23-25-63(26-24-61)47(68)34-6-8-35(9-7-34)48(69)64-18-4-5-33(31-64)30-60-19-21-62(22-20-60)39-14-15-40-41(27-39)50(71)65(49(40)70)43-16-17-44(66)57-46(43)67/h14-15,27-29,32-36,38,43H,3-13,16-26,30-31H2,1-2H3,(H,57,66,67)(H2,53,55,56,58)/t33-,34?,35?,36?,38?,43?/m1/s1. The van der Waals surface area contributed by atoms with E-state index in [-0.39, 0.29) is 60.3 Å². The number of carbonyl (C=O) groups is 7. The molecule has 0 bridgehead atoms. The molecule has 7 aliphatic rings. The Morgan fingerprint density at radius 3 is 2.18 bits per heavy atom. The Bertz CT molecular complexity index is 2570. The maximum Gasteiger partial charge on any atom is 0.343 e. The van der Waals surface area contributed by atoms with E-state index in [0.717, 1.165) is 152 Å². The van der Waals surface area contributed by atoms with Crippen LogP contribution < -0.4 is 20.9 Å². The van der Waals surface area contributed by atoms with Gasteiger partial charge >= 0.3 is 5.97 Å². The number of piperidine rings is 2. The molecule has 0 radical (unpaired) electrons. The Balaban J connectivity index is 0.632. The topological polar surface area (TPSA) is 228 Å². The molecule has 2 aromatic heterocycles. The second-order valence-electron chi connectivity index (χ2n) is 21.0. The first-order chi connectivity index (χ1) is 35.4. The van der Waals surface area contributed by atoms with E-state index in [2.05, 4.69) is 55.5 Å². The number of hydrogen-bond acceptors (Lipinski definition) is 16. The van der Waals surface area contributed by atoms with Crippen LogP contribution >= 0.6 is 0 Å². The average molecular weight is 1000 g/mol. The van der Waals surface area contributed by atoms with Crippen LogP contribution in [0.4, 0.5) is 23.1 Å². The Hall–Kier alpha value is -6.48. The van der Waals surface area contributed by atoms with Gasteiger partial charge in [-0.15, -0.1) is 0 Å². The van der Waals surface area contributed by atoms with Crippen molar-refractivity contribution >= 4 is 64.6 Å². The molecule has 3 aromatic rings. The normalized spacial score (nSPS) is 26.4. The molecule has 6 fully saturated rings. The predicted molar refractivity (Wildman–Crippen MR) is 269 cm³/mol. The van der Waals surface area contributed by atoms with E-state index < -0.39 is 35.6 Å². The van der Waals surface area contributed by atoms with Gasteiger partial charge in [0.1, 0.15) is 17.4 Å². The molecule has 4 saturated heterocycles. The zero-order valence-electron chi connectivity index (χ0n) is 42.1. The highest BCUT2D eigenvalue weighted by molar-refractivity contribution is 6.23. The largest absolute Gasteiger partial charge is 0.462 e. The lowest BCUT2D eigenvalue weighted by Gasteiger charge is -2.43. The van der Waals surface area contributed by atoms with Gasteiger partial charge in [-0.3, -0.25) is 53.5 Å². The molecular formula is C52H69N13O8. The summed E-state index contributed by atoms with van der Waals surface area (Å²) in [6, 6.07) is 4.88. The lowest BCUT2D eigenvalue weighted by Crippen LogP contribution is -2.54. The summed E-state index contributed by atoms with van der Waals surface area (Å²) in [6.45, 7) is 10.8. The third-order valence-corrected chi connectivity index (χ3v) is 16.4. The van der Waals surface area contributed by atoms with Crippen molar-refractivity contribution in [3.8, 4) is 0 Å². The number of nitrogens with zero attached hydrogens (tertiary/aromatic N) is 10. The Labute approximate surface area is 425 Å². The van der Waals surface area contributed by atoms with Gasteiger partial charge in [-0.2, -0.15) is 10.1 Å². The van der Waals surface area contributed by atoms with E-state index >= 15 is 0 Å². The third-order valence-electron chi connectivity index (χ3n) is 16.4. The van der Waals surface area contributed by atoms with Gasteiger partial charge in [0.25, 0.3) is 11.8 Å². The molecule has 1 unspecified atom stereocenters. The highest BCUT2D eigenvalue weighted by Gasteiger charge is 2.45. The fourth-order valence-corrected chi connectivity index (χ4v) is 12.3. The van der Waals surface area contributed by atoms with Crippen LogP contribution in [0.25, 0.3) is 0 Å². The van der Waals surface area contributed by atoms with Gasteiger partial charge < -0.3 is 30.1 Å². The third kappa shape index (κ3) is 11.1. The van der Waals surface area contributed by atoms with Crippen molar-refractivity contribution in [2.75, 3.05) is 94.1 Å². The van der Waals surface area contributed by atoms with Crippen LogP contribution in [0.1, 0.15) is 115 Å². The molecule has 5 aliphatic heterocycles. The fourth-order valence-electron chi connectivity index (χ4n) is 12.3. The smallest absolute Gasteiger partial charge is 0.343 e. The molecule has 2 atom stereocenters. The Morgan fingerprint density at radius 2 is 1.49 bits per heavy atom. The zero-order chi connectivity index (χ0) is 50.8. The lowest BCUT2D eigenvalue weighted by molar-refractivity contribution is -0.143. The number of rotatable bonds is 13. The van der Waals surface area contributed by atoms with Gasteiger partial charge in [0, 0.05) is 127 Å². The molecule has 73 heavy (non-hydrogen) atoms. The number of anilines is 4. The minimum atomic E-state index is -0.990. The molecule has 390 valence electrons. The summed E-state index contributed by atoms with van der Waals surface area (Å²) in [7, 11) is 1.83. The molecule has 2 aliphatic carbocycles. The second kappa shape index (κ2) is 21.9. The van der Waals surface area contributed by atoms with Crippen molar-refractivity contribution in [2.24, 2.45) is 24.8 Å². The SMILES string of the molecule is CCOC(=O)c1cnc(Nc2cnn(C)c2)nc1NC1CCC(N2CCN(C(=O)C3CCC(C(=O)N4CCC[C@H](CN5CCN(c6ccc7c(c6)C(=O)N(C6CCC(=O)NC6=O)C7=O)CC5)C4)CC3)CC2)CC1. The Kier molecular flexibility index (Phi) is 15.0. The zero-order valence-corrected chi connectivity index (χ0v) is 42.1. The van der Waals surface area contributed by atoms with E-state index in [4.69, 9.17) is 4.74 Å². The van der Waals surface area contributed by atoms with Crippen molar-refractivity contribution in [2.45, 2.75) is 102 Å². The van der Waals surface area contributed by atoms with Gasteiger partial charge in [-0.25, -0.2) is 9.78 Å². The van der Waals surface area contributed by atoms with Gasteiger partial charge in [0.15, 0.2) is 0 Å². The van der Waals surface area contributed by atoms with Crippen molar-refractivity contribution in [3.63, 3.8) is 0 Å². The number of benzene rings is 1. The van der Waals surface area contributed by atoms with Crippen LogP contribution in [0.5, 0.6) is 0 Å². The number of amides is 6. The van der Waals surface area contributed by atoms with Crippen LogP contribution in [-0.4, -0.2) is 182 Å². The molecule has 21 nitrogen and oxygen atoms in total. The summed E-state index contributed by atoms with van der Waals surface area (Å²) >= 11 is 0. The first kappa shape index (κ1) is 50.1. The number of esters is 1. The monoisotopic (exact) mass is 1000 g/mol. The highest BCUT2D eigenvalue weighted by atomic mass is 16.5. The minimum absolute atomic E-state index is 0.0291. The van der Waals surface area contributed by atoms with E-state index in [1.54, 1.807) is 29.9 Å². The van der Waals surface area contributed by atoms with Crippen LogP contribution in [0.15, 0.2) is 36.8 Å². The fraction of sp³-hybridized carbons (Fsp3) is 0.615. The van der Waals surface area contributed by atoms with Gasteiger partial charge in [-0.1, -0.05) is 0 Å². The predicted octanol–water partition coefficient (Wildman–Crippen LogP) is 3.27. The molecule has 3 N–H and O–H groups in total. The summed E-state index contributed by atoms with van der Waals surface area (Å²) in [6.07, 6.45) is 14.2. The van der Waals surface area contributed by atoms with Crippen molar-refractivity contribution < 1.29 is 38.3 Å². The Morgan fingerprint density at radius 1 is 0.781 bits per heavy atom. The van der Waals surface area contributed by atoms with Gasteiger partial charge in [0.2, 0.25) is 29.6 Å². The highest BCUT2D eigenvalue weighted by Crippen LogP contribution is 2.35. The quantitative estimate of drug-likeness (QED) is 0.165. The second-order valence-corrected chi connectivity index (χ2v) is 21.0. The maximum atomic E-state index is 14.0. The first-order valence-corrected chi connectivity index (χ1v) is 26.6. The molecule has 7 heterocycles. The van der Waals surface area contributed by atoms with Crippen molar-refractivity contribution in [3.05, 3.63) is 53.5 Å². The van der Waals surface area contributed by atoms with E-state index in [1.165, 1.54) is 6.20 Å². The van der Waals surface area contributed by atoms with Crippen LogP contribution in [0, 0.1) is 17.8 Å². The molecule has 6 amide bonds. The number of aromatic nitrogens is 4. The number of fused-ring (bicyclic) bond motifs is 1. The van der Waals surface area contributed by atoms with E-state index in [1.807, 2.05) is 19.3 Å². The number of hydrogen-bond donors (Lipinski definition) is 3. The summed E-state index contributed by atoms with van der Waals surface area (Å²) in [4.78, 5) is 113. The van der Waals surface area contributed by atoms with Crippen LogP contribution in [0.3, 0.4) is 0 Å². The number of likely N-dealkylation sites (tertiary alicyclic amines) is 1. The number of imide groups is 2. The minimum Gasteiger partial charge on any atom is -0.462 e. The molecule has 1 aromatic carbocycles. The van der Waals surface area contributed by atoms with E-state index in [0.29, 0.717) is 29.3 Å². The van der Waals surface area contributed by atoms with Gasteiger partial charge in [0.05, 0.1) is 29.6 Å². The van der Waals surface area contributed by atoms with Crippen molar-refractivity contribution in [1.82, 2.24) is 49.6 Å². The van der Waals surface area contributed by atoms with Crippen LogP contribution in [-0.2, 0) is 31.0 Å².